The second-order valence-electron chi connectivity index (χ2n) is 5.17. The van der Waals surface area contributed by atoms with Crippen molar-refractivity contribution in [2.75, 3.05) is 13.1 Å². The van der Waals surface area contributed by atoms with E-state index in [0.717, 1.165) is 25.9 Å². The Hall–Kier alpha value is -0.710. The van der Waals surface area contributed by atoms with Gasteiger partial charge in [0, 0.05) is 18.2 Å². The van der Waals surface area contributed by atoms with E-state index in [4.69, 9.17) is 5.73 Å². The fourth-order valence-corrected chi connectivity index (χ4v) is 2.54. The molecule has 2 rings (SSSR count). The zero-order valence-corrected chi connectivity index (χ0v) is 11.9. The number of hydrogen-bond acceptors (Lipinski definition) is 2. The van der Waals surface area contributed by atoms with Gasteiger partial charge in [0.1, 0.15) is 11.6 Å². The summed E-state index contributed by atoms with van der Waals surface area (Å²) in [5.41, 5.74) is 6.05. The van der Waals surface area contributed by atoms with Crippen LogP contribution in [0, 0.1) is 17.6 Å². The Morgan fingerprint density at radius 2 is 1.79 bits per heavy atom. The van der Waals surface area contributed by atoms with Crippen molar-refractivity contribution in [2.24, 2.45) is 11.7 Å². The molecule has 5 heteroatoms. The lowest BCUT2D eigenvalue weighted by Gasteiger charge is -2.33. The molecule has 0 aliphatic carbocycles. The van der Waals surface area contributed by atoms with Gasteiger partial charge in [-0.2, -0.15) is 0 Å². The fraction of sp³-hybridized carbons (Fsp3) is 0.571. The smallest absolute Gasteiger partial charge is 0.130 e. The van der Waals surface area contributed by atoms with Gasteiger partial charge in [-0.15, -0.1) is 12.4 Å². The highest BCUT2D eigenvalue weighted by molar-refractivity contribution is 5.85. The van der Waals surface area contributed by atoms with Crippen LogP contribution in [-0.2, 0) is 6.54 Å². The van der Waals surface area contributed by atoms with Gasteiger partial charge >= 0.3 is 0 Å². The van der Waals surface area contributed by atoms with Crippen molar-refractivity contribution in [1.82, 2.24) is 4.90 Å². The molecule has 1 aliphatic rings. The number of nitrogens with zero attached hydrogens (tertiary/aromatic N) is 1. The van der Waals surface area contributed by atoms with Crippen molar-refractivity contribution in [3.63, 3.8) is 0 Å². The zero-order valence-electron chi connectivity index (χ0n) is 11.1. The minimum atomic E-state index is -0.454. The third-order valence-corrected chi connectivity index (χ3v) is 3.82. The molecule has 0 radical (unpaired) electrons. The third-order valence-electron chi connectivity index (χ3n) is 3.82. The number of piperidine rings is 1. The number of hydrogen-bond donors (Lipinski definition) is 1. The molecular formula is C14H21ClF2N2. The largest absolute Gasteiger partial charge is 0.328 e. The Kier molecular flexibility index (Phi) is 6.17. The van der Waals surface area contributed by atoms with Crippen LogP contribution in [0.3, 0.4) is 0 Å². The maximum atomic E-state index is 13.5. The van der Waals surface area contributed by atoms with E-state index in [-0.39, 0.29) is 24.0 Å². The number of halogens is 3. The summed E-state index contributed by atoms with van der Waals surface area (Å²) in [5.74, 6) is -0.375. The van der Waals surface area contributed by atoms with E-state index < -0.39 is 11.6 Å². The molecule has 1 saturated heterocycles. The second-order valence-corrected chi connectivity index (χ2v) is 5.17. The van der Waals surface area contributed by atoms with Crippen LogP contribution in [0.2, 0.25) is 0 Å². The maximum Gasteiger partial charge on any atom is 0.130 e. The molecule has 0 amide bonds. The molecule has 0 saturated carbocycles. The Bertz CT molecular complexity index is 384. The molecule has 1 unspecified atom stereocenters. The molecule has 1 aliphatic heterocycles. The van der Waals surface area contributed by atoms with E-state index in [1.807, 2.05) is 6.92 Å². The summed E-state index contributed by atoms with van der Waals surface area (Å²) in [5, 5.41) is 0. The molecule has 1 fully saturated rings. The zero-order chi connectivity index (χ0) is 13.1. The van der Waals surface area contributed by atoms with Crippen LogP contribution in [0.25, 0.3) is 0 Å². The van der Waals surface area contributed by atoms with Crippen molar-refractivity contribution in [3.05, 3.63) is 35.4 Å². The molecule has 2 nitrogen and oxygen atoms in total. The van der Waals surface area contributed by atoms with Gasteiger partial charge < -0.3 is 5.73 Å². The average Bonchev–Trinajstić information content (AvgIpc) is 2.34. The molecule has 0 spiro atoms. The van der Waals surface area contributed by atoms with Crippen LogP contribution < -0.4 is 5.73 Å². The van der Waals surface area contributed by atoms with Crippen molar-refractivity contribution in [1.29, 1.82) is 0 Å². The summed E-state index contributed by atoms with van der Waals surface area (Å²) in [4.78, 5) is 2.10. The quantitative estimate of drug-likeness (QED) is 0.927. The third kappa shape index (κ3) is 4.13. The summed E-state index contributed by atoms with van der Waals surface area (Å²) >= 11 is 0. The van der Waals surface area contributed by atoms with Gasteiger partial charge in [0.15, 0.2) is 0 Å². The molecule has 2 N–H and O–H groups in total. The molecule has 0 bridgehead atoms. The summed E-state index contributed by atoms with van der Waals surface area (Å²) in [6.45, 7) is 4.10. The van der Waals surface area contributed by atoms with Gasteiger partial charge in [-0.1, -0.05) is 6.07 Å². The van der Waals surface area contributed by atoms with E-state index in [2.05, 4.69) is 4.90 Å². The first kappa shape index (κ1) is 16.3. The molecule has 108 valence electrons. The van der Waals surface area contributed by atoms with Gasteiger partial charge in [0.05, 0.1) is 0 Å². The maximum absolute atomic E-state index is 13.5. The predicted molar refractivity (Wildman–Crippen MR) is 75.3 cm³/mol. The Morgan fingerprint density at radius 3 is 2.26 bits per heavy atom. The lowest BCUT2D eigenvalue weighted by Crippen LogP contribution is -2.39. The van der Waals surface area contributed by atoms with Crippen LogP contribution in [0.4, 0.5) is 8.78 Å². The minimum Gasteiger partial charge on any atom is -0.328 e. The number of rotatable bonds is 3. The number of benzene rings is 1. The van der Waals surface area contributed by atoms with Gasteiger partial charge in [0.2, 0.25) is 0 Å². The van der Waals surface area contributed by atoms with Crippen LogP contribution >= 0.6 is 12.4 Å². The van der Waals surface area contributed by atoms with E-state index in [1.165, 1.54) is 18.2 Å². The van der Waals surface area contributed by atoms with Gasteiger partial charge in [0.25, 0.3) is 0 Å². The standard InChI is InChI=1S/C14H20F2N2.ClH/c1-10(17)11-5-7-18(8-6-11)9-12-13(15)3-2-4-14(12)16;/h2-4,10-11H,5-9,17H2,1H3;1H. The Labute approximate surface area is 119 Å². The predicted octanol–water partition coefficient (Wildman–Crippen LogP) is 2.95. The SMILES string of the molecule is CC(N)C1CCN(Cc2c(F)cccc2F)CC1.Cl. The summed E-state index contributed by atoms with van der Waals surface area (Å²) in [7, 11) is 0. The summed E-state index contributed by atoms with van der Waals surface area (Å²) < 4.78 is 27.0. The van der Waals surface area contributed by atoms with Crippen molar-refractivity contribution < 1.29 is 8.78 Å². The Balaban J connectivity index is 0.00000180. The van der Waals surface area contributed by atoms with Crippen LogP contribution in [0.5, 0.6) is 0 Å². The van der Waals surface area contributed by atoms with Crippen molar-refractivity contribution >= 4 is 12.4 Å². The number of likely N-dealkylation sites (tertiary alicyclic amines) is 1. The van der Waals surface area contributed by atoms with Gasteiger partial charge in [-0.05, 0) is 50.9 Å². The monoisotopic (exact) mass is 290 g/mol. The molecule has 1 aromatic rings. The van der Waals surface area contributed by atoms with E-state index in [9.17, 15) is 8.78 Å². The van der Waals surface area contributed by atoms with Crippen LogP contribution in [0.15, 0.2) is 18.2 Å². The Morgan fingerprint density at radius 1 is 1.26 bits per heavy atom. The molecule has 1 atom stereocenters. The van der Waals surface area contributed by atoms with Crippen LogP contribution in [-0.4, -0.2) is 24.0 Å². The first-order valence-electron chi connectivity index (χ1n) is 6.48. The van der Waals surface area contributed by atoms with E-state index in [1.54, 1.807) is 0 Å². The molecule has 0 aromatic heterocycles. The highest BCUT2D eigenvalue weighted by atomic mass is 35.5. The van der Waals surface area contributed by atoms with Gasteiger partial charge in [-0.3, -0.25) is 4.90 Å². The lowest BCUT2D eigenvalue weighted by molar-refractivity contribution is 0.162. The lowest BCUT2D eigenvalue weighted by atomic mass is 9.91. The van der Waals surface area contributed by atoms with E-state index >= 15 is 0 Å². The highest BCUT2D eigenvalue weighted by Crippen LogP contribution is 2.22. The van der Waals surface area contributed by atoms with Crippen LogP contribution in [0.1, 0.15) is 25.3 Å². The van der Waals surface area contributed by atoms with E-state index in [0.29, 0.717) is 12.5 Å². The molecular weight excluding hydrogens is 270 g/mol. The molecule has 1 heterocycles. The fourth-order valence-electron chi connectivity index (χ4n) is 2.54. The highest BCUT2D eigenvalue weighted by Gasteiger charge is 2.23. The molecule has 1 aromatic carbocycles. The van der Waals surface area contributed by atoms with Gasteiger partial charge in [-0.25, -0.2) is 8.78 Å². The summed E-state index contributed by atoms with van der Waals surface area (Å²) in [6.07, 6.45) is 2.02. The number of nitrogens with two attached hydrogens (primary N) is 1. The summed E-state index contributed by atoms with van der Waals surface area (Å²) in [6, 6.07) is 4.23. The average molecular weight is 291 g/mol. The van der Waals surface area contributed by atoms with Crippen molar-refractivity contribution in [2.45, 2.75) is 32.4 Å². The van der Waals surface area contributed by atoms with Crippen molar-refractivity contribution in [3.8, 4) is 0 Å². The first-order chi connectivity index (χ1) is 8.58. The topological polar surface area (TPSA) is 29.3 Å². The second kappa shape index (κ2) is 7.17. The minimum absolute atomic E-state index is 0. The molecule has 19 heavy (non-hydrogen) atoms. The first-order valence-corrected chi connectivity index (χ1v) is 6.48. The normalized spacial score (nSPS) is 18.9.